The van der Waals surface area contributed by atoms with E-state index in [0.717, 1.165) is 5.56 Å². The van der Waals surface area contributed by atoms with Crippen LogP contribution in [0.3, 0.4) is 0 Å². The van der Waals surface area contributed by atoms with Crippen LogP contribution >= 0.6 is 0 Å². The first-order valence-electron chi connectivity index (χ1n) is 6.08. The molecule has 0 aliphatic heterocycles. The highest BCUT2D eigenvalue weighted by Gasteiger charge is 2.26. The number of hydrogen-bond acceptors (Lipinski definition) is 3. The van der Waals surface area contributed by atoms with E-state index in [-0.39, 0.29) is 0 Å². The molecule has 2 N–H and O–H groups in total. The topological polar surface area (TPSA) is 60.2 Å². The van der Waals surface area contributed by atoms with Gasteiger partial charge in [-0.1, -0.05) is 36.4 Å². The molecular weight excluding hydrogens is 258 g/mol. The lowest BCUT2D eigenvalue weighted by molar-refractivity contribution is 0.585. The van der Waals surface area contributed by atoms with Gasteiger partial charge in [-0.25, -0.2) is 8.42 Å². The molecule has 0 saturated carbocycles. The lowest BCUT2D eigenvalue weighted by atomic mass is 10.2. The molecule has 2 aromatic carbocycles. The van der Waals surface area contributed by atoms with Crippen molar-refractivity contribution in [3.63, 3.8) is 0 Å². The minimum Gasteiger partial charge on any atom is -0.398 e. The van der Waals surface area contributed by atoms with Crippen molar-refractivity contribution in [1.82, 2.24) is 0 Å². The molecule has 1 atom stereocenters. The molecule has 2 rings (SSSR count). The van der Waals surface area contributed by atoms with Crippen molar-refractivity contribution in [2.75, 3.05) is 5.73 Å². The molecule has 0 fully saturated rings. The number of nitrogen functional groups attached to an aromatic ring is 1. The van der Waals surface area contributed by atoms with Gasteiger partial charge in [0.1, 0.15) is 0 Å². The first kappa shape index (κ1) is 13.6. The fraction of sp³-hybridized carbons (Fsp3) is 0.200. The van der Waals surface area contributed by atoms with Gasteiger partial charge < -0.3 is 5.73 Å². The van der Waals surface area contributed by atoms with Crippen molar-refractivity contribution in [2.45, 2.75) is 24.0 Å². The van der Waals surface area contributed by atoms with Gasteiger partial charge in [-0.2, -0.15) is 0 Å². The first-order valence-corrected chi connectivity index (χ1v) is 7.63. The van der Waals surface area contributed by atoms with E-state index in [2.05, 4.69) is 0 Å². The van der Waals surface area contributed by atoms with E-state index in [1.54, 1.807) is 32.0 Å². The second-order valence-corrected chi connectivity index (χ2v) is 6.81. The maximum Gasteiger partial charge on any atom is 0.185 e. The Bertz CT molecular complexity index is 679. The third kappa shape index (κ3) is 2.49. The van der Waals surface area contributed by atoms with Crippen LogP contribution in [-0.4, -0.2) is 8.42 Å². The van der Waals surface area contributed by atoms with Crippen molar-refractivity contribution in [2.24, 2.45) is 0 Å². The van der Waals surface area contributed by atoms with Gasteiger partial charge in [0.05, 0.1) is 10.1 Å². The molecule has 1 unspecified atom stereocenters. The highest BCUT2D eigenvalue weighted by molar-refractivity contribution is 7.91. The van der Waals surface area contributed by atoms with Crippen molar-refractivity contribution in [3.8, 4) is 0 Å². The Morgan fingerprint density at radius 3 is 2.26 bits per heavy atom. The number of hydrogen-bond donors (Lipinski definition) is 1. The normalized spacial score (nSPS) is 13.2. The van der Waals surface area contributed by atoms with E-state index in [4.69, 9.17) is 5.73 Å². The van der Waals surface area contributed by atoms with Gasteiger partial charge in [-0.15, -0.1) is 0 Å². The van der Waals surface area contributed by atoms with Crippen molar-refractivity contribution >= 4 is 15.5 Å². The van der Waals surface area contributed by atoms with Gasteiger partial charge in [0.15, 0.2) is 9.84 Å². The Balaban J connectivity index is 2.52. The zero-order valence-corrected chi connectivity index (χ0v) is 11.8. The Morgan fingerprint density at radius 2 is 1.63 bits per heavy atom. The molecule has 0 radical (unpaired) electrons. The summed E-state index contributed by atoms with van der Waals surface area (Å²) in [6.07, 6.45) is 0. The first-order chi connectivity index (χ1) is 8.94. The maximum atomic E-state index is 12.7. The van der Waals surface area contributed by atoms with Gasteiger partial charge in [-0.05, 0) is 37.1 Å². The van der Waals surface area contributed by atoms with Crippen LogP contribution in [0, 0.1) is 6.92 Å². The van der Waals surface area contributed by atoms with E-state index < -0.39 is 15.1 Å². The minimum atomic E-state index is -3.43. The summed E-state index contributed by atoms with van der Waals surface area (Å²) in [6, 6.07) is 14.2. The highest BCUT2D eigenvalue weighted by atomic mass is 32.2. The molecule has 0 saturated heterocycles. The SMILES string of the molecule is Cc1c(N)cccc1S(=O)(=O)C(C)c1ccccc1. The smallest absolute Gasteiger partial charge is 0.185 e. The number of benzene rings is 2. The maximum absolute atomic E-state index is 12.7. The number of sulfone groups is 1. The van der Waals surface area contributed by atoms with Crippen LogP contribution in [0.25, 0.3) is 0 Å². The van der Waals surface area contributed by atoms with Crippen molar-refractivity contribution in [1.29, 1.82) is 0 Å². The van der Waals surface area contributed by atoms with E-state index in [9.17, 15) is 8.42 Å². The molecule has 0 spiro atoms. The van der Waals surface area contributed by atoms with Crippen molar-refractivity contribution in [3.05, 3.63) is 59.7 Å². The monoisotopic (exact) mass is 275 g/mol. The predicted octanol–water partition coefficient (Wildman–Crippen LogP) is 3.11. The second kappa shape index (κ2) is 5.05. The molecule has 0 aliphatic carbocycles. The van der Waals surface area contributed by atoms with Crippen LogP contribution in [0.4, 0.5) is 5.69 Å². The fourth-order valence-corrected chi connectivity index (χ4v) is 3.74. The van der Waals surface area contributed by atoms with Crippen LogP contribution in [0.5, 0.6) is 0 Å². The fourth-order valence-electron chi connectivity index (χ4n) is 2.03. The third-order valence-corrected chi connectivity index (χ3v) is 5.63. The van der Waals surface area contributed by atoms with E-state index in [1.165, 1.54) is 0 Å². The Labute approximate surface area is 114 Å². The van der Waals surface area contributed by atoms with Crippen LogP contribution in [0.15, 0.2) is 53.4 Å². The molecule has 2 aromatic rings. The second-order valence-electron chi connectivity index (χ2n) is 4.57. The Hall–Kier alpha value is -1.81. The molecule has 0 heterocycles. The molecule has 0 amide bonds. The number of nitrogens with two attached hydrogens (primary N) is 1. The zero-order valence-electron chi connectivity index (χ0n) is 11.0. The number of anilines is 1. The summed E-state index contributed by atoms with van der Waals surface area (Å²) in [6.45, 7) is 3.44. The molecule has 19 heavy (non-hydrogen) atoms. The summed E-state index contributed by atoms with van der Waals surface area (Å²) >= 11 is 0. The molecule has 0 aliphatic rings. The van der Waals surface area contributed by atoms with E-state index in [1.807, 2.05) is 30.3 Å². The molecule has 100 valence electrons. The van der Waals surface area contributed by atoms with Gasteiger partial charge in [0, 0.05) is 5.69 Å². The van der Waals surface area contributed by atoms with E-state index >= 15 is 0 Å². The quantitative estimate of drug-likeness (QED) is 0.875. The molecule has 4 heteroatoms. The molecule has 0 bridgehead atoms. The van der Waals surface area contributed by atoms with E-state index in [0.29, 0.717) is 16.1 Å². The molecule has 3 nitrogen and oxygen atoms in total. The summed E-state index contributed by atoms with van der Waals surface area (Å²) in [5.74, 6) is 0. The Morgan fingerprint density at radius 1 is 1.00 bits per heavy atom. The van der Waals surface area contributed by atoms with Gasteiger partial charge in [0.2, 0.25) is 0 Å². The number of rotatable bonds is 3. The summed E-state index contributed by atoms with van der Waals surface area (Å²) in [5, 5.41) is -0.589. The summed E-state index contributed by atoms with van der Waals surface area (Å²) in [5.41, 5.74) is 7.69. The van der Waals surface area contributed by atoms with Crippen LogP contribution in [0.2, 0.25) is 0 Å². The summed E-state index contributed by atoms with van der Waals surface area (Å²) in [7, 11) is -3.43. The lowest BCUT2D eigenvalue weighted by Crippen LogP contribution is -2.12. The zero-order chi connectivity index (χ0) is 14.0. The highest BCUT2D eigenvalue weighted by Crippen LogP contribution is 2.31. The molecule has 0 aromatic heterocycles. The lowest BCUT2D eigenvalue weighted by Gasteiger charge is -2.16. The van der Waals surface area contributed by atoms with Gasteiger partial charge in [0.25, 0.3) is 0 Å². The van der Waals surface area contributed by atoms with Gasteiger partial charge >= 0.3 is 0 Å². The summed E-state index contributed by atoms with van der Waals surface area (Å²) < 4.78 is 25.3. The van der Waals surface area contributed by atoms with Crippen molar-refractivity contribution < 1.29 is 8.42 Å². The predicted molar refractivity (Wildman–Crippen MR) is 77.6 cm³/mol. The standard InChI is InChI=1S/C15H17NO2S/c1-11-14(16)9-6-10-15(11)19(17,18)12(2)13-7-4-3-5-8-13/h3-10,12H,16H2,1-2H3. The van der Waals surface area contributed by atoms with Crippen LogP contribution in [-0.2, 0) is 9.84 Å². The largest absolute Gasteiger partial charge is 0.398 e. The average molecular weight is 275 g/mol. The molecular formula is C15H17NO2S. The minimum absolute atomic E-state index is 0.309. The van der Waals surface area contributed by atoms with Crippen LogP contribution < -0.4 is 5.73 Å². The van der Waals surface area contributed by atoms with Crippen LogP contribution in [0.1, 0.15) is 23.3 Å². The third-order valence-electron chi connectivity index (χ3n) is 3.37. The average Bonchev–Trinajstić information content (AvgIpc) is 2.41. The summed E-state index contributed by atoms with van der Waals surface area (Å²) in [4.78, 5) is 0.309. The van der Waals surface area contributed by atoms with Gasteiger partial charge in [-0.3, -0.25) is 0 Å². The Kier molecular flexibility index (Phi) is 3.62.